The number of halogens is 1. The molecular formula is C28H42ClN3O6. The highest BCUT2D eigenvalue weighted by atomic mass is 35.5. The number of esters is 1. The van der Waals surface area contributed by atoms with Gasteiger partial charge in [-0.2, -0.15) is 0 Å². The topological polar surface area (TPSA) is 117 Å². The molecule has 2 atom stereocenters. The van der Waals surface area contributed by atoms with E-state index in [1.807, 2.05) is 12.2 Å². The van der Waals surface area contributed by atoms with Gasteiger partial charge in [0.2, 0.25) is 0 Å². The molecule has 0 bridgehead atoms. The molecule has 0 saturated heterocycles. The first-order chi connectivity index (χ1) is 18.4. The maximum atomic E-state index is 11.4. The van der Waals surface area contributed by atoms with Crippen molar-refractivity contribution < 1.29 is 28.9 Å². The maximum Gasteiger partial charge on any atom is 0.354 e. The molecule has 0 aromatic carbocycles. The Morgan fingerprint density at radius 3 is 1.79 bits per heavy atom. The van der Waals surface area contributed by atoms with Crippen molar-refractivity contribution in [3.63, 3.8) is 0 Å². The van der Waals surface area contributed by atoms with E-state index in [4.69, 9.17) is 30.9 Å². The normalized spacial score (nSPS) is 17.3. The van der Waals surface area contributed by atoms with Crippen LogP contribution in [0.4, 0.5) is 0 Å². The van der Waals surface area contributed by atoms with Crippen molar-refractivity contribution in [2.24, 2.45) is 0 Å². The fourth-order valence-electron chi connectivity index (χ4n) is 3.25. The monoisotopic (exact) mass is 551 g/mol. The Morgan fingerprint density at radius 2 is 1.47 bits per heavy atom. The lowest BCUT2D eigenvalue weighted by Gasteiger charge is -2.18. The molecular weight excluding hydrogens is 510 g/mol. The summed E-state index contributed by atoms with van der Waals surface area (Å²) >= 11 is 5.07. The van der Waals surface area contributed by atoms with Gasteiger partial charge in [0.05, 0.1) is 24.8 Å². The predicted molar refractivity (Wildman–Crippen MR) is 149 cm³/mol. The Kier molecular flexibility index (Phi) is 18.2. The van der Waals surface area contributed by atoms with Gasteiger partial charge in [-0.15, -0.1) is 0 Å². The standard InChI is InChI=1S/C11H13NO3.C6H15N.C6H10O2.C5H4ClNO/c13-11(10-5-3-6-12-10)15-8-9-4-1-2-7-14-9;1-4-7(5-2)6-3;7-5-6-3-1-2-4-8-6;6-5(8)4-2-1-3-7-4/h2-3,5-7,9,12H,1,4,8H2;4-6H2,1-3H3;2,4,6-7H,1,3,5H2;1-3,7H. The number of carbonyl (C=O) groups is 2. The van der Waals surface area contributed by atoms with E-state index in [0.29, 0.717) is 18.0 Å². The molecule has 2 unspecified atom stereocenters. The van der Waals surface area contributed by atoms with Crippen LogP contribution >= 0.6 is 11.6 Å². The van der Waals surface area contributed by atoms with Gasteiger partial charge in [0.15, 0.2) is 0 Å². The van der Waals surface area contributed by atoms with Crippen molar-refractivity contribution in [1.29, 1.82) is 0 Å². The van der Waals surface area contributed by atoms with Gasteiger partial charge >= 0.3 is 5.97 Å². The lowest BCUT2D eigenvalue weighted by Crippen LogP contribution is -2.22. The SMILES string of the molecule is CCN(CC)CC.O=C(Cl)c1ccc[nH]1.O=C(OCC1CCC=CO1)c1ccc[nH]1.OCC1CCC=CO1. The zero-order valence-electron chi connectivity index (χ0n) is 22.6. The first-order valence-corrected chi connectivity index (χ1v) is 13.4. The number of aliphatic hydroxyl groups is 1. The molecule has 2 aliphatic rings. The zero-order valence-corrected chi connectivity index (χ0v) is 23.4. The van der Waals surface area contributed by atoms with Crippen molar-refractivity contribution in [3.05, 3.63) is 72.7 Å². The van der Waals surface area contributed by atoms with Crippen molar-refractivity contribution >= 4 is 22.8 Å². The maximum absolute atomic E-state index is 11.4. The minimum Gasteiger partial charge on any atom is -0.496 e. The number of allylic oxidation sites excluding steroid dienone is 2. The average molecular weight is 552 g/mol. The number of nitrogens with one attached hydrogen (secondary N) is 2. The lowest BCUT2D eigenvalue weighted by atomic mass is 10.2. The van der Waals surface area contributed by atoms with E-state index >= 15 is 0 Å². The van der Waals surface area contributed by atoms with Crippen LogP contribution in [0, 0.1) is 0 Å². The number of ether oxygens (including phenoxy) is 3. The molecule has 0 fully saturated rings. The largest absolute Gasteiger partial charge is 0.496 e. The van der Waals surface area contributed by atoms with Crippen molar-refractivity contribution in [2.45, 2.75) is 58.7 Å². The molecule has 2 aromatic heterocycles. The fraction of sp³-hybridized carbons (Fsp3) is 0.500. The number of nitrogens with zero attached hydrogens (tertiary/aromatic N) is 1. The average Bonchev–Trinajstić information content (AvgIpc) is 3.70. The number of aromatic amines is 2. The summed E-state index contributed by atoms with van der Waals surface area (Å²) in [5, 5.41) is 8.08. The smallest absolute Gasteiger partial charge is 0.354 e. The molecule has 0 spiro atoms. The number of aromatic nitrogens is 2. The van der Waals surface area contributed by atoms with Crippen LogP contribution in [0.25, 0.3) is 0 Å². The van der Waals surface area contributed by atoms with Gasteiger partial charge in [0.25, 0.3) is 5.24 Å². The highest BCUT2D eigenvalue weighted by Crippen LogP contribution is 2.11. The van der Waals surface area contributed by atoms with E-state index in [1.165, 1.54) is 19.6 Å². The third kappa shape index (κ3) is 14.7. The summed E-state index contributed by atoms with van der Waals surface area (Å²) in [6, 6.07) is 6.78. The molecule has 2 aliphatic heterocycles. The third-order valence-corrected chi connectivity index (χ3v) is 5.82. The number of H-pyrrole nitrogens is 2. The molecule has 2 aromatic rings. The third-order valence-electron chi connectivity index (χ3n) is 5.62. The van der Waals surface area contributed by atoms with Crippen LogP contribution in [0.5, 0.6) is 0 Å². The molecule has 0 aliphatic carbocycles. The molecule has 0 saturated carbocycles. The molecule has 4 rings (SSSR count). The Balaban J connectivity index is 0.000000270. The van der Waals surface area contributed by atoms with Gasteiger partial charge in [0.1, 0.15) is 24.5 Å². The number of aliphatic hydroxyl groups excluding tert-OH is 1. The first kappa shape index (κ1) is 33.0. The Hall–Kier alpha value is -3.01. The van der Waals surface area contributed by atoms with E-state index in [0.717, 1.165) is 25.7 Å². The minimum absolute atomic E-state index is 0.00564. The van der Waals surface area contributed by atoms with Crippen LogP contribution in [0.3, 0.4) is 0 Å². The number of hydrogen-bond donors (Lipinski definition) is 3. The molecule has 0 radical (unpaired) electrons. The first-order valence-electron chi connectivity index (χ1n) is 13.0. The quantitative estimate of drug-likeness (QED) is 0.302. The summed E-state index contributed by atoms with van der Waals surface area (Å²) in [5.41, 5.74) is 0.910. The number of rotatable bonds is 8. The second-order valence-corrected chi connectivity index (χ2v) is 8.60. The molecule has 0 amide bonds. The van der Waals surface area contributed by atoms with Gasteiger partial charge in [0, 0.05) is 12.4 Å². The van der Waals surface area contributed by atoms with Crippen LogP contribution in [0.1, 0.15) is 67.4 Å². The van der Waals surface area contributed by atoms with Crippen molar-refractivity contribution in [1.82, 2.24) is 14.9 Å². The van der Waals surface area contributed by atoms with Crippen LogP contribution in [0.15, 0.2) is 61.3 Å². The van der Waals surface area contributed by atoms with Crippen LogP contribution in [-0.4, -0.2) is 76.2 Å². The molecule has 3 N–H and O–H groups in total. The second kappa shape index (κ2) is 21.0. The van der Waals surface area contributed by atoms with Crippen LogP contribution < -0.4 is 0 Å². The number of hydrogen-bond acceptors (Lipinski definition) is 7. The lowest BCUT2D eigenvalue weighted by molar-refractivity contribution is 0.0160. The summed E-state index contributed by atoms with van der Waals surface area (Å²) < 4.78 is 15.4. The predicted octanol–water partition coefficient (Wildman–Crippen LogP) is 5.28. The van der Waals surface area contributed by atoms with Gasteiger partial charge in [-0.25, -0.2) is 4.79 Å². The molecule has 212 valence electrons. The van der Waals surface area contributed by atoms with Crippen LogP contribution in [0.2, 0.25) is 0 Å². The molecule has 4 heterocycles. The minimum atomic E-state index is -0.449. The van der Waals surface area contributed by atoms with E-state index in [1.54, 1.807) is 49.2 Å². The summed E-state index contributed by atoms with van der Waals surface area (Å²) in [5.74, 6) is -0.335. The Morgan fingerprint density at radius 1 is 0.947 bits per heavy atom. The van der Waals surface area contributed by atoms with Gasteiger partial charge in [-0.05, 0) is 93.3 Å². The second-order valence-electron chi connectivity index (χ2n) is 8.26. The van der Waals surface area contributed by atoms with Crippen LogP contribution in [-0.2, 0) is 14.2 Å². The summed E-state index contributed by atoms with van der Waals surface area (Å²) in [6.07, 6.45) is 14.5. The van der Waals surface area contributed by atoms with E-state index in [9.17, 15) is 9.59 Å². The molecule has 10 heteroatoms. The van der Waals surface area contributed by atoms with Crippen molar-refractivity contribution in [2.75, 3.05) is 32.8 Å². The van der Waals surface area contributed by atoms with Gasteiger partial charge < -0.3 is 34.2 Å². The van der Waals surface area contributed by atoms with Crippen molar-refractivity contribution in [3.8, 4) is 0 Å². The summed E-state index contributed by atoms with van der Waals surface area (Å²) in [7, 11) is 0. The van der Waals surface area contributed by atoms with E-state index < -0.39 is 5.24 Å². The highest BCUT2D eigenvalue weighted by Gasteiger charge is 2.15. The highest BCUT2D eigenvalue weighted by molar-refractivity contribution is 6.67. The Bertz CT molecular complexity index is 906. The molecule has 38 heavy (non-hydrogen) atoms. The number of carbonyl (C=O) groups excluding carboxylic acids is 2. The fourth-order valence-corrected chi connectivity index (χ4v) is 3.37. The van der Waals surface area contributed by atoms with Gasteiger partial charge in [-0.3, -0.25) is 4.79 Å². The van der Waals surface area contributed by atoms with E-state index in [2.05, 4.69) is 35.6 Å². The van der Waals surface area contributed by atoms with Gasteiger partial charge in [-0.1, -0.05) is 20.8 Å². The zero-order chi connectivity index (χ0) is 28.0. The van der Waals surface area contributed by atoms with E-state index in [-0.39, 0.29) is 24.8 Å². The summed E-state index contributed by atoms with van der Waals surface area (Å²) in [4.78, 5) is 29.5. The Labute approximate surface area is 230 Å². The molecule has 9 nitrogen and oxygen atoms in total. The summed E-state index contributed by atoms with van der Waals surface area (Å²) in [6.45, 7) is 10.6.